The summed E-state index contributed by atoms with van der Waals surface area (Å²) in [4.78, 5) is 4.06. The van der Waals surface area contributed by atoms with Gasteiger partial charge in [0.2, 0.25) is 5.89 Å². The molecule has 1 atom stereocenters. The summed E-state index contributed by atoms with van der Waals surface area (Å²) in [6.45, 7) is 4.75. The molecule has 1 aromatic heterocycles. The van der Waals surface area contributed by atoms with Crippen LogP contribution in [-0.2, 0) is 17.0 Å². The van der Waals surface area contributed by atoms with E-state index in [0.717, 1.165) is 6.42 Å². The number of hydrogen-bond donors (Lipinski definition) is 0. The molecule has 1 rings (SSSR count). The van der Waals surface area contributed by atoms with Crippen molar-refractivity contribution in [2.75, 3.05) is 6.61 Å². The van der Waals surface area contributed by atoms with Gasteiger partial charge in [0, 0.05) is 6.42 Å². The van der Waals surface area contributed by atoms with Gasteiger partial charge in [0.25, 0.3) is 0 Å². The maximum atomic E-state index is 5.52. The van der Waals surface area contributed by atoms with Gasteiger partial charge >= 0.3 is 0 Å². The van der Waals surface area contributed by atoms with Crippen LogP contribution in [0.3, 0.4) is 0 Å². The van der Waals surface area contributed by atoms with Crippen molar-refractivity contribution >= 4 is 11.6 Å². The molecule has 0 spiro atoms. The molecule has 1 aromatic rings. The van der Waals surface area contributed by atoms with Crippen LogP contribution in [0, 0.1) is 0 Å². The number of ether oxygens (including phenoxy) is 1. The maximum Gasteiger partial charge on any atom is 0.241 e. The van der Waals surface area contributed by atoms with Crippen LogP contribution in [0.15, 0.2) is 4.52 Å². The van der Waals surface area contributed by atoms with Crippen LogP contribution in [0.1, 0.15) is 32.0 Å². The van der Waals surface area contributed by atoms with E-state index in [1.165, 1.54) is 0 Å². The van der Waals surface area contributed by atoms with Crippen molar-refractivity contribution in [1.29, 1.82) is 0 Å². The highest BCUT2D eigenvalue weighted by Gasteiger charge is 2.05. The van der Waals surface area contributed by atoms with Crippen LogP contribution in [0.4, 0.5) is 0 Å². The minimum Gasteiger partial charge on any atom is -0.378 e. The molecule has 1 heterocycles. The normalized spacial score (nSPS) is 13.1. The fourth-order valence-corrected chi connectivity index (χ4v) is 1.02. The molecule has 14 heavy (non-hydrogen) atoms. The van der Waals surface area contributed by atoms with Crippen molar-refractivity contribution in [3.63, 3.8) is 0 Å². The molecular formula is C9H15ClN2O2. The van der Waals surface area contributed by atoms with Crippen molar-refractivity contribution in [3.05, 3.63) is 11.7 Å². The third-order valence-corrected chi connectivity index (χ3v) is 2.16. The van der Waals surface area contributed by atoms with Crippen LogP contribution in [-0.4, -0.2) is 22.9 Å². The number of hydrogen-bond acceptors (Lipinski definition) is 4. The van der Waals surface area contributed by atoms with E-state index in [1.54, 1.807) is 0 Å². The first-order chi connectivity index (χ1) is 6.76. The molecule has 0 aliphatic carbocycles. The highest BCUT2D eigenvalue weighted by atomic mass is 35.5. The second-order valence-corrected chi connectivity index (χ2v) is 3.34. The molecule has 1 unspecified atom stereocenters. The van der Waals surface area contributed by atoms with Crippen LogP contribution in [0.25, 0.3) is 0 Å². The van der Waals surface area contributed by atoms with Gasteiger partial charge in [-0.25, -0.2) is 0 Å². The molecule has 4 nitrogen and oxygen atoms in total. The molecule has 0 amide bonds. The van der Waals surface area contributed by atoms with Crippen LogP contribution in [0.5, 0.6) is 0 Å². The Balaban J connectivity index is 2.24. The quantitative estimate of drug-likeness (QED) is 0.687. The average molecular weight is 219 g/mol. The number of aromatic nitrogens is 2. The summed E-state index contributed by atoms with van der Waals surface area (Å²) in [7, 11) is 0. The van der Waals surface area contributed by atoms with E-state index >= 15 is 0 Å². The Labute approximate surface area is 88.6 Å². The lowest BCUT2D eigenvalue weighted by molar-refractivity contribution is 0.0648. The largest absolute Gasteiger partial charge is 0.378 e. The van der Waals surface area contributed by atoms with Gasteiger partial charge in [-0.1, -0.05) is 12.1 Å². The van der Waals surface area contributed by atoms with Gasteiger partial charge in [-0.15, -0.1) is 11.6 Å². The Morgan fingerprint density at radius 1 is 1.57 bits per heavy atom. The molecule has 0 fully saturated rings. The maximum absolute atomic E-state index is 5.52. The lowest BCUT2D eigenvalue weighted by atomic mass is 10.3. The van der Waals surface area contributed by atoms with Crippen molar-refractivity contribution < 1.29 is 9.26 Å². The predicted octanol–water partition coefficient (Wildman–Crippen LogP) is 2.17. The standard InChI is InChI=1S/C9H15ClN2O2/c1-3-7(2)13-5-4-8-11-9(6-10)14-12-8/h7H,3-6H2,1-2H3. The Morgan fingerprint density at radius 3 is 2.93 bits per heavy atom. The molecule has 80 valence electrons. The van der Waals surface area contributed by atoms with E-state index < -0.39 is 0 Å². The molecule has 0 aliphatic heterocycles. The molecule has 0 aliphatic rings. The summed E-state index contributed by atoms with van der Waals surface area (Å²) in [5, 5.41) is 3.76. The van der Waals surface area contributed by atoms with Crippen molar-refractivity contribution in [1.82, 2.24) is 10.1 Å². The van der Waals surface area contributed by atoms with Crippen LogP contribution in [0.2, 0.25) is 0 Å². The van der Waals surface area contributed by atoms with E-state index in [2.05, 4.69) is 17.1 Å². The third-order valence-electron chi connectivity index (χ3n) is 1.93. The fourth-order valence-electron chi connectivity index (χ4n) is 0.915. The molecule has 0 aromatic carbocycles. The SMILES string of the molecule is CCC(C)OCCc1noc(CCl)n1. The van der Waals surface area contributed by atoms with Gasteiger partial charge in [-0.05, 0) is 13.3 Å². The first-order valence-corrected chi connectivity index (χ1v) is 5.28. The second kappa shape index (κ2) is 5.98. The number of rotatable bonds is 6. The van der Waals surface area contributed by atoms with Gasteiger partial charge in [0.05, 0.1) is 12.7 Å². The third kappa shape index (κ3) is 3.64. The summed E-state index contributed by atoms with van der Waals surface area (Å²) < 4.78 is 10.3. The zero-order chi connectivity index (χ0) is 10.4. The highest BCUT2D eigenvalue weighted by molar-refractivity contribution is 6.16. The monoisotopic (exact) mass is 218 g/mol. The van der Waals surface area contributed by atoms with Gasteiger partial charge in [-0.3, -0.25) is 0 Å². The lowest BCUT2D eigenvalue weighted by Gasteiger charge is -2.08. The molecule has 0 radical (unpaired) electrons. The first-order valence-electron chi connectivity index (χ1n) is 4.75. The minimum atomic E-state index is 0.263. The van der Waals surface area contributed by atoms with Crippen LogP contribution < -0.4 is 0 Å². The Hall–Kier alpha value is -0.610. The van der Waals surface area contributed by atoms with E-state index in [0.29, 0.717) is 24.7 Å². The molecule has 0 bridgehead atoms. The number of alkyl halides is 1. The lowest BCUT2D eigenvalue weighted by Crippen LogP contribution is -2.09. The molecule has 0 saturated heterocycles. The summed E-state index contributed by atoms with van der Waals surface area (Å²) in [6, 6.07) is 0. The molecule has 0 saturated carbocycles. The summed E-state index contributed by atoms with van der Waals surface area (Å²) in [5.41, 5.74) is 0. The topological polar surface area (TPSA) is 48.2 Å². The van der Waals surface area contributed by atoms with E-state index in [1.807, 2.05) is 6.92 Å². The average Bonchev–Trinajstić information content (AvgIpc) is 2.65. The van der Waals surface area contributed by atoms with E-state index in [4.69, 9.17) is 20.9 Å². The van der Waals surface area contributed by atoms with E-state index in [9.17, 15) is 0 Å². The summed E-state index contributed by atoms with van der Waals surface area (Å²) in [5.74, 6) is 1.38. The van der Waals surface area contributed by atoms with Crippen molar-refractivity contribution in [2.45, 2.75) is 38.7 Å². The van der Waals surface area contributed by atoms with E-state index in [-0.39, 0.29) is 12.0 Å². The van der Waals surface area contributed by atoms with Crippen molar-refractivity contribution in [3.8, 4) is 0 Å². The zero-order valence-corrected chi connectivity index (χ0v) is 9.25. The Morgan fingerprint density at radius 2 is 2.36 bits per heavy atom. The molecule has 0 N–H and O–H groups in total. The first kappa shape index (κ1) is 11.5. The van der Waals surface area contributed by atoms with Crippen molar-refractivity contribution in [2.24, 2.45) is 0 Å². The fraction of sp³-hybridized carbons (Fsp3) is 0.778. The van der Waals surface area contributed by atoms with Gasteiger partial charge in [0.1, 0.15) is 5.88 Å². The van der Waals surface area contributed by atoms with Crippen LogP contribution >= 0.6 is 11.6 Å². The Bertz CT molecular complexity index is 265. The smallest absolute Gasteiger partial charge is 0.241 e. The minimum absolute atomic E-state index is 0.263. The van der Waals surface area contributed by atoms with Gasteiger partial charge < -0.3 is 9.26 Å². The van der Waals surface area contributed by atoms with Gasteiger partial charge in [0.15, 0.2) is 5.82 Å². The summed E-state index contributed by atoms with van der Waals surface area (Å²) >= 11 is 5.52. The van der Waals surface area contributed by atoms with Gasteiger partial charge in [-0.2, -0.15) is 4.98 Å². The molecular weight excluding hydrogens is 204 g/mol. The number of nitrogens with zero attached hydrogens (tertiary/aromatic N) is 2. The Kier molecular flexibility index (Phi) is 4.90. The predicted molar refractivity (Wildman–Crippen MR) is 53.3 cm³/mol. The summed E-state index contributed by atoms with van der Waals surface area (Å²) in [6.07, 6.45) is 1.97. The molecule has 5 heteroatoms. The number of halogens is 1. The second-order valence-electron chi connectivity index (χ2n) is 3.08. The zero-order valence-electron chi connectivity index (χ0n) is 8.49. The highest BCUT2D eigenvalue weighted by Crippen LogP contribution is 2.02.